The zero-order valence-electron chi connectivity index (χ0n) is 12.3. The lowest BCUT2D eigenvalue weighted by atomic mass is 9.93. The van der Waals surface area contributed by atoms with Crippen molar-refractivity contribution in [3.8, 4) is 0 Å². The van der Waals surface area contributed by atoms with E-state index in [4.69, 9.17) is 4.74 Å². The van der Waals surface area contributed by atoms with Crippen LogP contribution in [0.1, 0.15) is 36.8 Å². The normalized spacial score (nSPS) is 25.7. The molecule has 2 aliphatic rings. The molecule has 2 heterocycles. The number of hydrogen-bond donors (Lipinski definition) is 1. The van der Waals surface area contributed by atoms with Crippen LogP contribution in [-0.4, -0.2) is 41.3 Å². The number of benzene rings is 1. The molecule has 0 amide bonds. The van der Waals surface area contributed by atoms with Crippen molar-refractivity contribution in [3.05, 3.63) is 35.4 Å². The molecule has 1 N–H and O–H groups in total. The molecule has 114 valence electrons. The Hall–Kier alpha value is -1.39. The maximum absolute atomic E-state index is 11.5. The van der Waals surface area contributed by atoms with Gasteiger partial charge in [0, 0.05) is 13.2 Å². The lowest BCUT2D eigenvalue weighted by Crippen LogP contribution is -2.46. The summed E-state index contributed by atoms with van der Waals surface area (Å²) in [6.07, 6.45) is 5.39. The van der Waals surface area contributed by atoms with Gasteiger partial charge in [-0.3, -0.25) is 9.69 Å². The molecule has 0 aromatic heterocycles. The second-order valence-corrected chi connectivity index (χ2v) is 6.07. The highest BCUT2D eigenvalue weighted by Gasteiger charge is 2.31. The van der Waals surface area contributed by atoms with Crippen molar-refractivity contribution in [2.75, 3.05) is 13.2 Å². The number of carboxylic acid groups (broad SMARTS) is 1. The van der Waals surface area contributed by atoms with Gasteiger partial charge in [0.25, 0.3) is 0 Å². The molecule has 0 radical (unpaired) electrons. The molecule has 4 heteroatoms. The molecular weight excluding hydrogens is 266 g/mol. The minimum absolute atomic E-state index is 0.385. The first-order valence-corrected chi connectivity index (χ1v) is 7.89. The summed E-state index contributed by atoms with van der Waals surface area (Å²) in [5.41, 5.74) is 2.45. The maximum atomic E-state index is 11.5. The van der Waals surface area contributed by atoms with Crippen molar-refractivity contribution < 1.29 is 14.6 Å². The second-order valence-electron chi connectivity index (χ2n) is 6.07. The van der Waals surface area contributed by atoms with Crippen LogP contribution < -0.4 is 0 Å². The van der Waals surface area contributed by atoms with E-state index in [-0.39, 0.29) is 6.04 Å². The first-order valence-electron chi connectivity index (χ1n) is 7.89. The molecule has 0 aliphatic carbocycles. The molecule has 3 rings (SSSR count). The first-order chi connectivity index (χ1) is 10.2. The predicted molar refractivity (Wildman–Crippen MR) is 80.2 cm³/mol. The van der Waals surface area contributed by atoms with Gasteiger partial charge >= 0.3 is 5.97 Å². The van der Waals surface area contributed by atoms with Crippen LogP contribution in [0.3, 0.4) is 0 Å². The number of carboxylic acids is 1. The molecule has 1 aromatic carbocycles. The van der Waals surface area contributed by atoms with Crippen LogP contribution >= 0.6 is 0 Å². The monoisotopic (exact) mass is 289 g/mol. The Labute approximate surface area is 125 Å². The zero-order valence-corrected chi connectivity index (χ0v) is 12.3. The van der Waals surface area contributed by atoms with Crippen LogP contribution in [0.15, 0.2) is 24.3 Å². The summed E-state index contributed by atoms with van der Waals surface area (Å²) in [6.45, 7) is 2.48. The average molecular weight is 289 g/mol. The van der Waals surface area contributed by atoms with E-state index in [1.54, 1.807) is 0 Å². The highest BCUT2D eigenvalue weighted by molar-refractivity contribution is 5.74. The Kier molecular flexibility index (Phi) is 4.56. The Morgan fingerprint density at radius 2 is 2.14 bits per heavy atom. The second kappa shape index (κ2) is 6.58. The van der Waals surface area contributed by atoms with Gasteiger partial charge in [-0.25, -0.2) is 0 Å². The average Bonchev–Trinajstić information content (AvgIpc) is 2.99. The van der Waals surface area contributed by atoms with Crippen molar-refractivity contribution in [2.45, 2.75) is 50.8 Å². The minimum Gasteiger partial charge on any atom is -0.480 e. The molecule has 0 spiro atoms. The number of carbonyl (C=O) groups is 1. The summed E-state index contributed by atoms with van der Waals surface area (Å²) in [7, 11) is 0. The largest absolute Gasteiger partial charge is 0.480 e. The van der Waals surface area contributed by atoms with E-state index < -0.39 is 5.97 Å². The van der Waals surface area contributed by atoms with Gasteiger partial charge < -0.3 is 9.84 Å². The first kappa shape index (κ1) is 14.5. The molecule has 2 aliphatic heterocycles. The van der Waals surface area contributed by atoms with Crippen molar-refractivity contribution in [2.24, 2.45) is 0 Å². The van der Waals surface area contributed by atoms with Crippen LogP contribution in [0.4, 0.5) is 0 Å². The molecule has 1 fully saturated rings. The van der Waals surface area contributed by atoms with E-state index in [0.717, 1.165) is 39.0 Å². The third kappa shape index (κ3) is 3.44. The van der Waals surface area contributed by atoms with Gasteiger partial charge in [-0.2, -0.15) is 0 Å². The minimum atomic E-state index is -0.707. The van der Waals surface area contributed by atoms with Crippen molar-refractivity contribution in [1.29, 1.82) is 0 Å². The Balaban J connectivity index is 1.60. The molecule has 0 bridgehead atoms. The van der Waals surface area contributed by atoms with E-state index >= 15 is 0 Å². The number of rotatable bonds is 5. The number of fused-ring (bicyclic) bond motifs is 1. The molecular formula is C17H23NO3. The molecule has 0 saturated carbocycles. The van der Waals surface area contributed by atoms with Crippen LogP contribution in [0, 0.1) is 0 Å². The summed E-state index contributed by atoms with van der Waals surface area (Å²) in [6, 6.07) is 7.80. The summed E-state index contributed by atoms with van der Waals surface area (Å²) in [5, 5.41) is 9.48. The standard InChI is InChI=1S/C17H23NO3/c19-17(20)16-11-13-5-1-2-6-14(13)12-18(16)9-3-7-15-8-4-10-21-15/h1-2,5-6,15-16H,3-4,7-12H2,(H,19,20). The maximum Gasteiger partial charge on any atom is 0.321 e. The smallest absolute Gasteiger partial charge is 0.321 e. The fourth-order valence-corrected chi connectivity index (χ4v) is 3.45. The lowest BCUT2D eigenvalue weighted by molar-refractivity contribution is -0.144. The Morgan fingerprint density at radius 3 is 2.86 bits per heavy atom. The fourth-order valence-electron chi connectivity index (χ4n) is 3.45. The molecule has 1 saturated heterocycles. The highest BCUT2D eigenvalue weighted by atomic mass is 16.5. The summed E-state index contributed by atoms with van der Waals surface area (Å²) in [5.74, 6) is -0.707. The lowest BCUT2D eigenvalue weighted by Gasteiger charge is -2.34. The quantitative estimate of drug-likeness (QED) is 0.904. The van der Waals surface area contributed by atoms with E-state index in [9.17, 15) is 9.90 Å². The van der Waals surface area contributed by atoms with Crippen LogP contribution in [-0.2, 0) is 22.5 Å². The van der Waals surface area contributed by atoms with E-state index in [1.807, 2.05) is 12.1 Å². The third-order valence-corrected chi connectivity index (χ3v) is 4.63. The summed E-state index contributed by atoms with van der Waals surface area (Å²) in [4.78, 5) is 13.6. The predicted octanol–water partition coefficient (Wildman–Crippen LogP) is 2.46. The number of nitrogens with zero attached hydrogens (tertiary/aromatic N) is 1. The van der Waals surface area contributed by atoms with Gasteiger partial charge in [0.1, 0.15) is 6.04 Å². The van der Waals surface area contributed by atoms with Gasteiger partial charge in [-0.1, -0.05) is 24.3 Å². The van der Waals surface area contributed by atoms with Crippen molar-refractivity contribution >= 4 is 5.97 Å². The molecule has 4 nitrogen and oxygen atoms in total. The SMILES string of the molecule is O=C(O)C1Cc2ccccc2CN1CCCC1CCCO1. The number of ether oxygens (including phenoxy) is 1. The van der Waals surface area contributed by atoms with Crippen LogP contribution in [0.25, 0.3) is 0 Å². The summed E-state index contributed by atoms with van der Waals surface area (Å²) < 4.78 is 5.64. The van der Waals surface area contributed by atoms with E-state index in [1.165, 1.54) is 17.5 Å². The van der Waals surface area contributed by atoms with Gasteiger partial charge in [0.2, 0.25) is 0 Å². The molecule has 2 atom stereocenters. The van der Waals surface area contributed by atoms with Crippen LogP contribution in [0.5, 0.6) is 0 Å². The third-order valence-electron chi connectivity index (χ3n) is 4.63. The topological polar surface area (TPSA) is 49.8 Å². The van der Waals surface area contributed by atoms with E-state index in [0.29, 0.717) is 12.5 Å². The van der Waals surface area contributed by atoms with Gasteiger partial charge in [0.05, 0.1) is 6.10 Å². The van der Waals surface area contributed by atoms with Crippen molar-refractivity contribution in [1.82, 2.24) is 4.90 Å². The Bertz CT molecular complexity index is 497. The number of hydrogen-bond acceptors (Lipinski definition) is 3. The van der Waals surface area contributed by atoms with Crippen LogP contribution in [0.2, 0.25) is 0 Å². The van der Waals surface area contributed by atoms with Crippen molar-refractivity contribution in [3.63, 3.8) is 0 Å². The van der Waals surface area contributed by atoms with Gasteiger partial charge in [-0.15, -0.1) is 0 Å². The van der Waals surface area contributed by atoms with Gasteiger partial charge in [-0.05, 0) is 49.8 Å². The summed E-state index contributed by atoms with van der Waals surface area (Å²) >= 11 is 0. The highest BCUT2D eigenvalue weighted by Crippen LogP contribution is 2.24. The number of aliphatic carboxylic acids is 1. The van der Waals surface area contributed by atoms with Gasteiger partial charge in [0.15, 0.2) is 0 Å². The molecule has 1 aromatic rings. The fraction of sp³-hybridized carbons (Fsp3) is 0.588. The Morgan fingerprint density at radius 1 is 1.33 bits per heavy atom. The molecule has 2 unspecified atom stereocenters. The van der Waals surface area contributed by atoms with E-state index in [2.05, 4.69) is 17.0 Å². The molecule has 21 heavy (non-hydrogen) atoms. The zero-order chi connectivity index (χ0) is 14.7.